The summed E-state index contributed by atoms with van der Waals surface area (Å²) in [6.07, 6.45) is 2.64. The number of hydrogen-bond acceptors (Lipinski definition) is 5. The molecule has 0 fully saturated rings. The maximum atomic E-state index is 13.2. The number of fused-ring (bicyclic) bond motifs is 1. The van der Waals surface area contributed by atoms with Crippen molar-refractivity contribution in [3.63, 3.8) is 0 Å². The topological polar surface area (TPSA) is 109 Å². The Labute approximate surface area is 151 Å². The lowest BCUT2D eigenvalue weighted by Crippen LogP contribution is -2.36. The predicted octanol–water partition coefficient (Wildman–Crippen LogP) is 1.90. The van der Waals surface area contributed by atoms with E-state index >= 15 is 0 Å². The number of nitrogens with one attached hydrogen (secondary N) is 2. The fraction of sp³-hybridized carbons (Fsp3) is 0.294. The van der Waals surface area contributed by atoms with E-state index in [0.29, 0.717) is 17.8 Å². The largest absolute Gasteiger partial charge is 0.464 e. The molecule has 0 saturated carbocycles. The number of nitrogens with zero attached hydrogens (tertiary/aromatic N) is 1. The molecule has 0 aliphatic carbocycles. The number of amides is 1. The molecule has 1 aliphatic rings. The molecule has 1 aliphatic heterocycles. The first-order valence-corrected chi connectivity index (χ1v) is 9.47. The Bertz CT molecular complexity index is 965. The molecule has 2 N–H and O–H groups in total. The van der Waals surface area contributed by atoms with Crippen molar-refractivity contribution in [2.45, 2.75) is 24.7 Å². The third-order valence-corrected chi connectivity index (χ3v) is 5.91. The number of H-pyrrole nitrogens is 1. The highest BCUT2D eigenvalue weighted by Gasteiger charge is 2.32. The van der Waals surface area contributed by atoms with Gasteiger partial charge in [0, 0.05) is 19.7 Å². The molecule has 0 unspecified atom stereocenters. The first kappa shape index (κ1) is 18.0. The van der Waals surface area contributed by atoms with E-state index in [-0.39, 0.29) is 23.0 Å². The summed E-state index contributed by atoms with van der Waals surface area (Å²) in [6.45, 7) is 1.65. The van der Waals surface area contributed by atoms with Crippen molar-refractivity contribution < 1.29 is 22.7 Å². The molecule has 2 heterocycles. The van der Waals surface area contributed by atoms with Crippen LogP contribution in [-0.2, 0) is 26.0 Å². The molecular weight excluding hydrogens is 358 g/mol. The number of esters is 1. The van der Waals surface area contributed by atoms with Gasteiger partial charge >= 0.3 is 5.97 Å². The summed E-state index contributed by atoms with van der Waals surface area (Å²) in [5.41, 5.74) is 1.81. The first-order chi connectivity index (χ1) is 12.3. The molecule has 0 radical (unpaired) electrons. The van der Waals surface area contributed by atoms with Crippen LogP contribution in [0.5, 0.6) is 0 Å². The molecule has 0 saturated heterocycles. The van der Waals surface area contributed by atoms with E-state index in [0.717, 1.165) is 12.0 Å². The van der Waals surface area contributed by atoms with Gasteiger partial charge < -0.3 is 15.0 Å². The van der Waals surface area contributed by atoms with Crippen LogP contribution in [-0.4, -0.2) is 38.9 Å². The Balaban J connectivity index is 2.07. The molecular formula is C17H19N3O5S. The van der Waals surface area contributed by atoms with Crippen LogP contribution in [0.1, 0.15) is 29.4 Å². The van der Waals surface area contributed by atoms with Crippen LogP contribution in [0.15, 0.2) is 35.4 Å². The molecule has 9 heteroatoms. The minimum atomic E-state index is -3.91. The number of sulfonamides is 1. The Morgan fingerprint density at radius 2 is 2.08 bits per heavy atom. The van der Waals surface area contributed by atoms with Crippen molar-refractivity contribution in [2.24, 2.45) is 0 Å². The number of carbonyl (C=O) groups excluding carboxylic acids is 2. The number of benzene rings is 1. The summed E-state index contributed by atoms with van der Waals surface area (Å²) in [5.74, 6) is -0.930. The highest BCUT2D eigenvalue weighted by Crippen LogP contribution is 2.38. The van der Waals surface area contributed by atoms with Crippen LogP contribution < -0.4 is 9.62 Å². The third kappa shape index (κ3) is 3.17. The van der Waals surface area contributed by atoms with Crippen molar-refractivity contribution in [1.29, 1.82) is 0 Å². The Morgan fingerprint density at radius 3 is 2.77 bits per heavy atom. The Kier molecular flexibility index (Phi) is 4.73. The Hall–Kier alpha value is -2.81. The average Bonchev–Trinajstić information content (AvgIpc) is 3.11. The van der Waals surface area contributed by atoms with Gasteiger partial charge in [0.25, 0.3) is 10.0 Å². The number of ether oxygens (including phenoxy) is 1. The maximum absolute atomic E-state index is 13.2. The number of carbonyl (C=O) groups is 2. The quantitative estimate of drug-likeness (QED) is 0.791. The van der Waals surface area contributed by atoms with E-state index in [1.807, 2.05) is 6.07 Å². The average molecular weight is 377 g/mol. The van der Waals surface area contributed by atoms with Crippen LogP contribution in [0.25, 0.3) is 0 Å². The van der Waals surface area contributed by atoms with Gasteiger partial charge in [0.05, 0.1) is 18.5 Å². The third-order valence-electron chi connectivity index (χ3n) is 4.14. The highest BCUT2D eigenvalue weighted by molar-refractivity contribution is 7.92. The van der Waals surface area contributed by atoms with Crippen molar-refractivity contribution >= 4 is 33.3 Å². The number of methoxy groups -OCH3 is 1. The normalized spacial score (nSPS) is 13.8. The van der Waals surface area contributed by atoms with E-state index < -0.39 is 16.0 Å². The monoisotopic (exact) mass is 377 g/mol. The lowest BCUT2D eigenvalue weighted by atomic mass is 10.0. The van der Waals surface area contributed by atoms with Gasteiger partial charge in [-0.15, -0.1) is 0 Å². The fourth-order valence-electron chi connectivity index (χ4n) is 3.02. The second kappa shape index (κ2) is 6.83. The molecule has 2 aromatic rings. The lowest BCUT2D eigenvalue weighted by Gasteiger charge is -2.32. The minimum absolute atomic E-state index is 0.0385. The van der Waals surface area contributed by atoms with Crippen molar-refractivity contribution in [2.75, 3.05) is 23.3 Å². The summed E-state index contributed by atoms with van der Waals surface area (Å²) in [4.78, 5) is 25.7. The number of rotatable bonds is 4. The van der Waals surface area contributed by atoms with Gasteiger partial charge in [-0.2, -0.15) is 0 Å². The number of anilines is 2. The molecule has 8 nitrogen and oxygen atoms in total. The van der Waals surface area contributed by atoms with Gasteiger partial charge in [0.15, 0.2) is 0 Å². The molecule has 1 aromatic heterocycles. The van der Waals surface area contributed by atoms with Gasteiger partial charge in [-0.1, -0.05) is 12.1 Å². The van der Waals surface area contributed by atoms with E-state index in [1.165, 1.54) is 30.6 Å². The Morgan fingerprint density at radius 1 is 1.31 bits per heavy atom. The van der Waals surface area contributed by atoms with E-state index in [4.69, 9.17) is 0 Å². The second-order valence-corrected chi connectivity index (χ2v) is 7.78. The lowest BCUT2D eigenvalue weighted by molar-refractivity contribution is -0.114. The molecule has 138 valence electrons. The van der Waals surface area contributed by atoms with Crippen LogP contribution in [0, 0.1) is 0 Å². The standard InChI is InChI=1S/C17H19N3O5S/c1-11(21)19-14-7-3-5-12-6-4-8-20(16(12)14)26(23,24)13-9-15(18-10-13)17(22)25-2/h3,5,7,9-10,18H,4,6,8H2,1-2H3,(H,19,21). The van der Waals surface area contributed by atoms with Crippen LogP contribution >= 0.6 is 0 Å². The van der Waals surface area contributed by atoms with E-state index in [2.05, 4.69) is 15.0 Å². The molecule has 3 rings (SSSR count). The fourth-order valence-corrected chi connectivity index (χ4v) is 4.58. The zero-order valence-electron chi connectivity index (χ0n) is 14.4. The summed E-state index contributed by atoms with van der Waals surface area (Å²) in [5, 5.41) is 2.69. The smallest absolute Gasteiger partial charge is 0.354 e. The summed E-state index contributed by atoms with van der Waals surface area (Å²) in [7, 11) is -2.69. The number of para-hydroxylation sites is 1. The zero-order valence-corrected chi connectivity index (χ0v) is 15.2. The maximum Gasteiger partial charge on any atom is 0.354 e. The van der Waals surface area contributed by atoms with E-state index in [1.54, 1.807) is 12.1 Å². The summed E-state index contributed by atoms with van der Waals surface area (Å²) >= 11 is 0. The van der Waals surface area contributed by atoms with Gasteiger partial charge in [-0.25, -0.2) is 13.2 Å². The van der Waals surface area contributed by atoms with Crippen molar-refractivity contribution in [3.8, 4) is 0 Å². The van der Waals surface area contributed by atoms with Crippen molar-refractivity contribution in [3.05, 3.63) is 41.7 Å². The van der Waals surface area contributed by atoms with Crippen LogP contribution in [0.4, 0.5) is 11.4 Å². The second-order valence-electron chi connectivity index (χ2n) is 5.92. The number of aromatic amines is 1. The molecule has 1 amide bonds. The minimum Gasteiger partial charge on any atom is -0.464 e. The van der Waals surface area contributed by atoms with Gasteiger partial charge in [-0.05, 0) is 30.5 Å². The SMILES string of the molecule is COC(=O)c1cc(S(=O)(=O)N2CCCc3cccc(NC(C)=O)c32)c[nH]1. The first-order valence-electron chi connectivity index (χ1n) is 8.03. The van der Waals surface area contributed by atoms with Gasteiger partial charge in [0.2, 0.25) is 5.91 Å². The molecule has 0 bridgehead atoms. The number of aromatic nitrogens is 1. The van der Waals surface area contributed by atoms with Crippen molar-refractivity contribution in [1.82, 2.24) is 4.98 Å². The number of hydrogen-bond donors (Lipinski definition) is 2. The molecule has 0 spiro atoms. The summed E-state index contributed by atoms with van der Waals surface area (Å²) < 4.78 is 32.2. The number of aryl methyl sites for hydroxylation is 1. The molecule has 1 aromatic carbocycles. The molecule has 26 heavy (non-hydrogen) atoms. The van der Waals surface area contributed by atoms with Crippen LogP contribution in [0.2, 0.25) is 0 Å². The van der Waals surface area contributed by atoms with Gasteiger partial charge in [-0.3, -0.25) is 9.10 Å². The predicted molar refractivity (Wildman–Crippen MR) is 95.7 cm³/mol. The molecule has 0 atom stereocenters. The van der Waals surface area contributed by atoms with Gasteiger partial charge in [0.1, 0.15) is 10.6 Å². The van der Waals surface area contributed by atoms with E-state index in [9.17, 15) is 18.0 Å². The van der Waals surface area contributed by atoms with Crippen LogP contribution in [0.3, 0.4) is 0 Å². The zero-order chi connectivity index (χ0) is 18.9. The highest BCUT2D eigenvalue weighted by atomic mass is 32.2. The summed E-state index contributed by atoms with van der Waals surface area (Å²) in [6, 6.07) is 6.55.